The van der Waals surface area contributed by atoms with Gasteiger partial charge in [0, 0.05) is 0 Å². The van der Waals surface area contributed by atoms with E-state index in [0.29, 0.717) is 11.1 Å². The molecule has 0 bridgehead atoms. The Hall–Kier alpha value is 0.0700. The fourth-order valence-corrected chi connectivity index (χ4v) is 6.30. The van der Waals surface area contributed by atoms with Gasteiger partial charge in [0.25, 0.3) is 0 Å². The molecular weight excluding hydrogens is 385 g/mol. The van der Waals surface area contributed by atoms with E-state index in [-0.39, 0.29) is 12.3 Å². The minimum Gasteiger partial charge on any atom is -0.301 e. The van der Waals surface area contributed by atoms with E-state index in [1.165, 1.54) is 77.0 Å². The summed E-state index contributed by atoms with van der Waals surface area (Å²) in [5, 5.41) is 0. The minimum absolute atomic E-state index is 0.0825. The highest BCUT2D eigenvalue weighted by Crippen LogP contribution is 2.60. The van der Waals surface area contributed by atoms with Crippen LogP contribution in [0.4, 0.5) is 0 Å². The Morgan fingerprint density at radius 1 is 0.828 bits per heavy atom. The Balaban J connectivity index is 1.40. The summed E-state index contributed by atoms with van der Waals surface area (Å²) in [4.78, 5) is 0. The van der Waals surface area contributed by atoms with E-state index >= 15 is 0 Å². The zero-order chi connectivity index (χ0) is 21.0. The lowest BCUT2D eigenvalue weighted by atomic mass is 10.0. The van der Waals surface area contributed by atoms with Crippen LogP contribution in [-0.2, 0) is 18.1 Å². The predicted molar refractivity (Wildman–Crippen MR) is 120 cm³/mol. The molecule has 0 radical (unpaired) electrons. The highest BCUT2D eigenvalue weighted by molar-refractivity contribution is 7.48. The molecule has 0 saturated carbocycles. The molecule has 5 nitrogen and oxygen atoms in total. The van der Waals surface area contributed by atoms with Crippen molar-refractivity contribution >= 4 is 7.82 Å². The number of piperidine rings is 1. The quantitative estimate of drug-likeness (QED) is 0.147. The summed E-state index contributed by atoms with van der Waals surface area (Å²) in [5.74, 6) is 0. The molecule has 29 heavy (non-hydrogen) atoms. The Labute approximate surface area is 180 Å². The van der Waals surface area contributed by atoms with Gasteiger partial charge in [-0.25, -0.2) is 9.09 Å². The Bertz CT molecular complexity index is 485. The van der Waals surface area contributed by atoms with Crippen molar-refractivity contribution in [1.82, 2.24) is 0 Å². The van der Waals surface area contributed by atoms with Gasteiger partial charge in [-0.2, -0.15) is 0 Å². The van der Waals surface area contributed by atoms with Crippen LogP contribution < -0.4 is 0 Å². The third-order valence-electron chi connectivity index (χ3n) is 6.48. The largest absolute Gasteiger partial charge is 0.480 e. The van der Waals surface area contributed by atoms with Crippen molar-refractivity contribution in [3.8, 4) is 0 Å². The van der Waals surface area contributed by atoms with Crippen molar-refractivity contribution in [2.45, 2.75) is 122 Å². The monoisotopic (exact) mass is 432 g/mol. The van der Waals surface area contributed by atoms with Crippen LogP contribution in [0, 0.1) is 0 Å². The van der Waals surface area contributed by atoms with Crippen molar-refractivity contribution in [2.75, 3.05) is 27.2 Å². The van der Waals surface area contributed by atoms with Gasteiger partial charge in [0.1, 0.15) is 6.10 Å². The molecule has 172 valence electrons. The molecule has 0 spiro atoms. The molecule has 0 aromatic rings. The van der Waals surface area contributed by atoms with Gasteiger partial charge in [-0.1, -0.05) is 90.4 Å². The molecule has 2 aliphatic rings. The van der Waals surface area contributed by atoms with E-state index in [9.17, 15) is 4.57 Å². The second-order valence-electron chi connectivity index (χ2n) is 9.66. The van der Waals surface area contributed by atoms with Crippen LogP contribution in [-0.4, -0.2) is 44.1 Å². The first-order valence-electron chi connectivity index (χ1n) is 12.4. The van der Waals surface area contributed by atoms with Crippen LogP contribution >= 0.6 is 7.82 Å². The Morgan fingerprint density at radius 3 is 1.86 bits per heavy atom. The zero-order valence-electron chi connectivity index (χ0n) is 19.4. The van der Waals surface area contributed by atoms with Gasteiger partial charge < -0.3 is 4.48 Å². The average molecular weight is 433 g/mol. The number of likely N-dealkylation sites (tertiary alicyclic amines) is 1. The second-order valence-corrected chi connectivity index (χ2v) is 11.2. The molecule has 0 aromatic heterocycles. The van der Waals surface area contributed by atoms with Crippen molar-refractivity contribution in [2.24, 2.45) is 0 Å². The van der Waals surface area contributed by atoms with E-state index in [1.807, 2.05) is 0 Å². The molecular formula is C23H47NO4P+. The number of fused-ring (bicyclic) bond motifs is 1. The molecule has 2 rings (SSSR count). The number of quaternary nitrogens is 1. The van der Waals surface area contributed by atoms with Crippen LogP contribution in [0.3, 0.4) is 0 Å². The first-order valence-corrected chi connectivity index (χ1v) is 13.9. The number of hydrogen-bond acceptors (Lipinski definition) is 4. The SMILES string of the molecule is CCCCCCCCCCCCCCCCOP1(=O)OC2CCC[N+](C)(C)C2O1. The summed E-state index contributed by atoms with van der Waals surface area (Å²) in [6.45, 7) is 3.78. The van der Waals surface area contributed by atoms with Crippen molar-refractivity contribution in [3.63, 3.8) is 0 Å². The van der Waals surface area contributed by atoms with Gasteiger partial charge in [0.2, 0.25) is 6.23 Å². The highest BCUT2D eigenvalue weighted by atomic mass is 31.2. The predicted octanol–water partition coefficient (Wildman–Crippen LogP) is 7.20. The minimum atomic E-state index is -3.36. The molecule has 0 amide bonds. The van der Waals surface area contributed by atoms with E-state index in [4.69, 9.17) is 13.6 Å². The van der Waals surface area contributed by atoms with Crippen LogP contribution in [0.2, 0.25) is 0 Å². The molecule has 0 aliphatic carbocycles. The fraction of sp³-hybridized carbons (Fsp3) is 1.00. The molecule has 2 fully saturated rings. The zero-order valence-corrected chi connectivity index (χ0v) is 20.3. The Morgan fingerprint density at radius 2 is 1.34 bits per heavy atom. The normalized spacial score (nSPS) is 28.5. The maximum absolute atomic E-state index is 12.7. The van der Waals surface area contributed by atoms with Crippen molar-refractivity contribution < 1.29 is 22.6 Å². The van der Waals surface area contributed by atoms with Crippen LogP contribution in [0.5, 0.6) is 0 Å². The number of unbranched alkanes of at least 4 members (excludes halogenated alkanes) is 13. The molecule has 6 heteroatoms. The maximum Gasteiger partial charge on any atom is 0.480 e. The lowest BCUT2D eigenvalue weighted by molar-refractivity contribution is -0.939. The van der Waals surface area contributed by atoms with Gasteiger partial charge in [-0.15, -0.1) is 0 Å². The maximum atomic E-state index is 12.7. The molecule has 3 atom stereocenters. The molecule has 2 saturated heterocycles. The van der Waals surface area contributed by atoms with E-state index in [1.54, 1.807) is 0 Å². The average Bonchev–Trinajstić information content (AvgIpc) is 3.03. The number of likely N-dealkylation sites (N-methyl/N-ethyl adjacent to an activating group) is 1. The van der Waals surface area contributed by atoms with E-state index < -0.39 is 7.82 Å². The van der Waals surface area contributed by atoms with E-state index in [0.717, 1.165) is 32.2 Å². The molecule has 0 N–H and O–H groups in total. The van der Waals surface area contributed by atoms with Gasteiger partial charge in [-0.05, 0) is 19.3 Å². The van der Waals surface area contributed by atoms with Crippen LogP contribution in [0.25, 0.3) is 0 Å². The second kappa shape index (κ2) is 13.5. The molecule has 2 heterocycles. The van der Waals surface area contributed by atoms with Gasteiger partial charge >= 0.3 is 7.82 Å². The summed E-state index contributed by atoms with van der Waals surface area (Å²) in [6, 6.07) is 0. The molecule has 0 aromatic carbocycles. The lowest BCUT2D eigenvalue weighted by Gasteiger charge is -2.39. The standard InChI is InChI=1S/C23H47NO4P/c1-4-5-6-7-8-9-10-11-12-13-14-15-16-17-21-26-29(25)27-22-19-18-20-24(2,3)23(22)28-29/h22-23H,4-21H2,1-3H3/q+1. The Kier molecular flexibility index (Phi) is 11.8. The number of hydrogen-bond donors (Lipinski definition) is 0. The van der Waals surface area contributed by atoms with Gasteiger partial charge in [-0.3, -0.25) is 9.05 Å². The molecule has 3 unspecified atom stereocenters. The smallest absolute Gasteiger partial charge is 0.301 e. The topological polar surface area (TPSA) is 44.8 Å². The molecule has 2 aliphatic heterocycles. The highest BCUT2D eigenvalue weighted by Gasteiger charge is 2.55. The summed E-state index contributed by atoms with van der Waals surface area (Å²) < 4.78 is 30.5. The van der Waals surface area contributed by atoms with Crippen molar-refractivity contribution in [1.29, 1.82) is 0 Å². The number of phosphoric ester groups is 1. The van der Waals surface area contributed by atoms with Gasteiger partial charge in [0.15, 0.2) is 0 Å². The third kappa shape index (κ3) is 9.39. The first kappa shape index (κ1) is 25.3. The van der Waals surface area contributed by atoms with Crippen molar-refractivity contribution in [3.05, 3.63) is 0 Å². The summed E-state index contributed by atoms with van der Waals surface area (Å²) in [7, 11) is 0.872. The summed E-state index contributed by atoms with van der Waals surface area (Å²) in [6.07, 6.45) is 20.3. The first-order chi connectivity index (χ1) is 14.0. The number of phosphoric acid groups is 1. The summed E-state index contributed by atoms with van der Waals surface area (Å²) >= 11 is 0. The number of rotatable bonds is 16. The van der Waals surface area contributed by atoms with Crippen LogP contribution in [0.15, 0.2) is 0 Å². The summed E-state index contributed by atoms with van der Waals surface area (Å²) in [5.41, 5.74) is 0. The van der Waals surface area contributed by atoms with E-state index in [2.05, 4.69) is 21.0 Å². The number of nitrogens with zero attached hydrogens (tertiary/aromatic N) is 1. The van der Waals surface area contributed by atoms with Crippen LogP contribution in [0.1, 0.15) is 110 Å². The third-order valence-corrected chi connectivity index (χ3v) is 7.98. The lowest BCUT2D eigenvalue weighted by Crippen LogP contribution is -2.56. The van der Waals surface area contributed by atoms with Gasteiger partial charge in [0.05, 0.1) is 27.2 Å². The fourth-order valence-electron chi connectivity index (χ4n) is 4.58.